The molecule has 0 amide bonds. The molecule has 3 aromatic rings. The number of aromatic nitrogens is 1. The van der Waals surface area contributed by atoms with E-state index >= 15 is 0 Å². The first-order valence-corrected chi connectivity index (χ1v) is 26.4. The third kappa shape index (κ3) is 7.65. The lowest BCUT2D eigenvalue weighted by atomic mass is 9.46. The Kier molecular flexibility index (Phi) is 13.7. The molecular formula is C49H66N6O11S2. The summed E-state index contributed by atoms with van der Waals surface area (Å²) < 4.78 is 18.3. The number of likely N-dealkylation sites (N-methyl/N-ethyl adjacent to an activating group) is 1. The number of fused-ring (bicyclic) bond motifs is 6. The summed E-state index contributed by atoms with van der Waals surface area (Å²) in [4.78, 5) is 48.6. The third-order valence-electron chi connectivity index (χ3n) is 16.7. The van der Waals surface area contributed by atoms with Gasteiger partial charge in [0.25, 0.3) is 6.47 Å². The van der Waals surface area contributed by atoms with Gasteiger partial charge in [0, 0.05) is 95.5 Å². The van der Waals surface area contributed by atoms with Crippen molar-refractivity contribution in [3.63, 3.8) is 0 Å². The molecule has 3 fully saturated rings. The van der Waals surface area contributed by atoms with Gasteiger partial charge in [0.1, 0.15) is 24.6 Å². The monoisotopic (exact) mass is 978 g/mol. The summed E-state index contributed by atoms with van der Waals surface area (Å²) in [5, 5.41) is 59.4. The Morgan fingerprint density at radius 3 is 2.59 bits per heavy atom. The lowest BCUT2D eigenvalue weighted by Gasteiger charge is -2.65. The number of hydrogen-bond donors (Lipinski definition) is 8. The molecule has 5 aliphatic heterocycles. The summed E-state index contributed by atoms with van der Waals surface area (Å²) in [5.41, 5.74) is 3.60. The number of rotatable bonds is 18. The number of carboxylic acids is 1. The van der Waals surface area contributed by atoms with Crippen molar-refractivity contribution in [1.29, 1.82) is 0 Å². The normalized spacial score (nSPS) is 34.2. The number of ether oxygens (including phenoxy) is 3. The Bertz CT molecular complexity index is 2430. The van der Waals surface area contributed by atoms with Gasteiger partial charge in [-0.3, -0.25) is 24.2 Å². The second kappa shape index (κ2) is 19.0. The van der Waals surface area contributed by atoms with Crippen LogP contribution in [0.5, 0.6) is 5.75 Å². The summed E-state index contributed by atoms with van der Waals surface area (Å²) in [5.74, 6) is -0.579. The van der Waals surface area contributed by atoms with Crippen LogP contribution in [0.4, 0.5) is 5.69 Å². The highest BCUT2D eigenvalue weighted by Gasteiger charge is 2.79. The summed E-state index contributed by atoms with van der Waals surface area (Å²) >= 11 is 0. The van der Waals surface area contributed by atoms with E-state index < -0.39 is 57.6 Å². The van der Waals surface area contributed by atoms with Crippen molar-refractivity contribution in [3.05, 3.63) is 70.9 Å². The number of hydrazine groups is 1. The Morgan fingerprint density at radius 2 is 1.85 bits per heavy atom. The first-order valence-electron chi connectivity index (χ1n) is 23.9. The molecule has 6 heterocycles. The Morgan fingerprint density at radius 1 is 1.06 bits per heavy atom. The number of methoxy groups -OCH3 is 1. The fourth-order valence-corrected chi connectivity index (χ4v) is 16.0. The van der Waals surface area contributed by atoms with Crippen LogP contribution in [0.15, 0.2) is 48.6 Å². The van der Waals surface area contributed by atoms with E-state index in [0.29, 0.717) is 81.9 Å². The van der Waals surface area contributed by atoms with Crippen molar-refractivity contribution in [1.82, 2.24) is 25.8 Å². The van der Waals surface area contributed by atoms with Crippen LogP contribution >= 0.6 is 21.6 Å². The van der Waals surface area contributed by atoms with Crippen LogP contribution in [0.3, 0.4) is 0 Å². The molecule has 2 saturated heterocycles. The van der Waals surface area contributed by atoms with Gasteiger partial charge >= 0.3 is 11.9 Å². The molecule has 6 aliphatic rings. The van der Waals surface area contributed by atoms with E-state index in [-0.39, 0.29) is 31.6 Å². The molecule has 11 atom stereocenters. The van der Waals surface area contributed by atoms with E-state index in [1.807, 2.05) is 61.7 Å². The maximum atomic E-state index is 14.5. The molecule has 1 aromatic heterocycles. The zero-order chi connectivity index (χ0) is 48.2. The van der Waals surface area contributed by atoms with Crippen LogP contribution in [0.1, 0.15) is 74.8 Å². The van der Waals surface area contributed by atoms with Crippen LogP contribution < -0.4 is 20.7 Å². The van der Waals surface area contributed by atoms with Crippen molar-refractivity contribution in [2.45, 2.75) is 105 Å². The largest absolute Gasteiger partial charge is 0.496 e. The molecule has 8 N–H and O–H groups in total. The molecule has 0 radical (unpaired) electrons. The summed E-state index contributed by atoms with van der Waals surface area (Å²) in [6.45, 7) is 7.68. The number of aliphatic hydroxyl groups is 3. The number of aliphatic carboxylic acids is 1. The number of carboxylic acid groups (broad SMARTS) is 1. The molecule has 1 saturated carbocycles. The van der Waals surface area contributed by atoms with Gasteiger partial charge in [0.05, 0.1) is 36.7 Å². The number of para-hydroxylation sites is 1. The van der Waals surface area contributed by atoms with Gasteiger partial charge in [-0.25, -0.2) is 5.43 Å². The van der Waals surface area contributed by atoms with Crippen LogP contribution in [0, 0.1) is 11.3 Å². The van der Waals surface area contributed by atoms with Gasteiger partial charge in [-0.15, -0.1) is 5.59 Å². The summed E-state index contributed by atoms with van der Waals surface area (Å²) in [6, 6.07) is 9.36. The van der Waals surface area contributed by atoms with Crippen molar-refractivity contribution in [2.75, 3.05) is 76.5 Å². The molecule has 17 nitrogen and oxygen atoms in total. The molecule has 1 aliphatic carbocycles. The number of hydrogen-bond acceptors (Lipinski definition) is 17. The molecule has 2 aromatic carbocycles. The average molecular weight is 979 g/mol. The smallest absolute Gasteiger partial charge is 0.327 e. The number of aromatic amines is 1. The first-order chi connectivity index (χ1) is 32.7. The Hall–Kier alpha value is -3.89. The van der Waals surface area contributed by atoms with E-state index in [9.17, 15) is 34.9 Å². The number of carbonyl (C=O) groups is 3. The number of piperidine rings is 1. The van der Waals surface area contributed by atoms with Crippen molar-refractivity contribution in [2.24, 2.45) is 11.3 Å². The number of nitrogens with zero attached hydrogens (tertiary/aromatic N) is 3. The maximum Gasteiger partial charge on any atom is 0.327 e. The number of aliphatic hydroxyl groups excluding tert-OH is 1. The topological polar surface area (TPSA) is 230 Å². The second-order valence-corrected chi connectivity index (χ2v) is 22.6. The van der Waals surface area contributed by atoms with E-state index in [1.165, 1.54) is 21.6 Å². The van der Waals surface area contributed by atoms with Gasteiger partial charge in [0.15, 0.2) is 6.04 Å². The zero-order valence-corrected chi connectivity index (χ0v) is 40.9. The van der Waals surface area contributed by atoms with Crippen molar-refractivity contribution in [3.8, 4) is 5.75 Å². The number of benzene rings is 2. The zero-order valence-electron chi connectivity index (χ0n) is 39.2. The Labute approximate surface area is 404 Å². The fourth-order valence-electron chi connectivity index (χ4n) is 14.1. The number of nitrogens with one attached hydrogen (secondary N) is 3. The number of esters is 1. The number of H-pyrrole nitrogens is 1. The van der Waals surface area contributed by atoms with Gasteiger partial charge in [-0.2, -0.15) is 0 Å². The predicted molar refractivity (Wildman–Crippen MR) is 259 cm³/mol. The van der Waals surface area contributed by atoms with Gasteiger partial charge in [-0.05, 0) is 74.2 Å². The van der Waals surface area contributed by atoms with Gasteiger partial charge in [0.2, 0.25) is 0 Å². The lowest BCUT2D eigenvalue weighted by molar-refractivity contribution is -0.221. The van der Waals surface area contributed by atoms with Gasteiger partial charge < -0.3 is 49.7 Å². The van der Waals surface area contributed by atoms with E-state index in [4.69, 9.17) is 19.3 Å². The first kappa shape index (κ1) is 49.1. The molecule has 2 bridgehead atoms. The maximum absolute atomic E-state index is 14.5. The molecule has 3 unspecified atom stereocenters. The lowest BCUT2D eigenvalue weighted by Crippen LogP contribution is -2.84. The minimum absolute atomic E-state index is 0.00484. The summed E-state index contributed by atoms with van der Waals surface area (Å²) in [7, 11) is 6.19. The SMILES string of the molecule is CC[C@]1(O)CC2CN(CCc3c([nH]c4ccccc34)[C@@](COC=O)(c3cc4c(cc3OC)N(C)[C@@H]3[C@]45CCN4CC=C[C@@](CC)([C@@H](O)[C@]3(O)C(NNO)C(=O)OCCSSCCC(=O)O)[C@H]45)C2)C1. The van der Waals surface area contributed by atoms with Crippen molar-refractivity contribution < 1.29 is 54.2 Å². The van der Waals surface area contributed by atoms with E-state index in [2.05, 4.69) is 38.4 Å². The van der Waals surface area contributed by atoms with Crippen LogP contribution in [0.2, 0.25) is 0 Å². The highest BCUT2D eigenvalue weighted by Crippen LogP contribution is 2.68. The quantitative estimate of drug-likeness (QED) is 0.0228. The average Bonchev–Trinajstić information content (AvgIpc) is 4.00. The summed E-state index contributed by atoms with van der Waals surface area (Å²) in [6.07, 6.45) is 5.73. The highest BCUT2D eigenvalue weighted by atomic mass is 33.1. The molecular weight excluding hydrogens is 913 g/mol. The Balaban J connectivity index is 1.24. The predicted octanol–water partition coefficient (Wildman–Crippen LogP) is 3.50. The fraction of sp³-hybridized carbons (Fsp3) is 0.612. The minimum atomic E-state index is -2.32. The molecule has 1 spiro atoms. The molecule has 68 heavy (non-hydrogen) atoms. The van der Waals surface area contributed by atoms with Crippen LogP contribution in [0.25, 0.3) is 10.9 Å². The molecule has 370 valence electrons. The third-order valence-corrected chi connectivity index (χ3v) is 19.1. The van der Waals surface area contributed by atoms with Crippen LogP contribution in [-0.2, 0) is 41.1 Å². The highest BCUT2D eigenvalue weighted by molar-refractivity contribution is 8.76. The van der Waals surface area contributed by atoms with Crippen molar-refractivity contribution >= 4 is 56.6 Å². The van der Waals surface area contributed by atoms with E-state index in [1.54, 1.807) is 7.11 Å². The standard InChI is InChI=1S/C49H66N6O11S2/c1-5-45(61)24-30-25-47(28-65-29-56,39-32(12-17-54(26-30)27-45)31-10-7-8-11-35(31)50-39)34-22-33-36(23-37(34)64-4)53(3)43-48(33)15-18-55-16-9-14-46(6-2,42(48)55)44(60)49(43,62)40(51-52-63)41(59)66-19-21-68-67-20-13-38(57)58/h7-11,14,22-23,29-30,40,42-44,50-52,60-63H,5-6,12-13,15-21,24-28H2,1-4H3,(H,57,58)/t30?,40?,42-,43+,44+,45-,46+,47-,48+,49-/m0/s1. The number of carbonyl (C=O) groups excluding carboxylic acids is 2. The van der Waals surface area contributed by atoms with E-state index in [0.717, 1.165) is 52.1 Å². The van der Waals surface area contributed by atoms with Gasteiger partial charge in [-0.1, -0.05) is 65.8 Å². The van der Waals surface area contributed by atoms with Crippen LogP contribution in [-0.4, -0.2) is 166 Å². The molecule has 19 heteroatoms. The second-order valence-electron chi connectivity index (χ2n) is 19.9. The minimum Gasteiger partial charge on any atom is -0.496 e. The number of anilines is 1. The molecule has 9 rings (SSSR count).